The van der Waals surface area contributed by atoms with Crippen molar-refractivity contribution in [3.05, 3.63) is 24.8 Å². The zero-order valence-electron chi connectivity index (χ0n) is 16.7. The lowest BCUT2D eigenvalue weighted by Crippen LogP contribution is -2.56. The van der Waals surface area contributed by atoms with Crippen LogP contribution in [0.3, 0.4) is 0 Å². The van der Waals surface area contributed by atoms with Crippen LogP contribution in [0.2, 0.25) is 0 Å². The lowest BCUT2D eigenvalue weighted by molar-refractivity contribution is -0.171. The van der Waals surface area contributed by atoms with E-state index in [0.29, 0.717) is 18.3 Å². The number of aliphatic hydroxyl groups is 1. The van der Waals surface area contributed by atoms with E-state index in [1.54, 1.807) is 6.08 Å². The number of hydrogen-bond donors (Lipinski definition) is 1. The number of esters is 1. The Hall–Kier alpha value is -1.09. The number of carbonyl (C=O) groups is 1. The molecule has 2 aliphatic rings. The van der Waals surface area contributed by atoms with Crippen molar-refractivity contribution in [2.75, 3.05) is 0 Å². The predicted octanol–water partition coefficient (Wildman–Crippen LogP) is 5.04. The minimum absolute atomic E-state index is 0.0500. The number of hydrogen-bond acceptors (Lipinski definition) is 3. The van der Waals surface area contributed by atoms with E-state index in [-0.39, 0.29) is 22.9 Å². The lowest BCUT2D eigenvalue weighted by atomic mass is 9.46. The normalized spacial score (nSPS) is 36.9. The fourth-order valence-electron chi connectivity index (χ4n) is 5.83. The minimum atomic E-state index is -0.844. The summed E-state index contributed by atoms with van der Waals surface area (Å²) < 4.78 is 5.78. The molecule has 0 heterocycles. The Balaban J connectivity index is 2.35. The average Bonchev–Trinajstić information content (AvgIpc) is 2.44. The van der Waals surface area contributed by atoms with Gasteiger partial charge in [0.25, 0.3) is 0 Å². The molecule has 25 heavy (non-hydrogen) atoms. The molecule has 5 atom stereocenters. The molecular formula is C22H36O3. The first kappa shape index (κ1) is 20.2. The van der Waals surface area contributed by atoms with Gasteiger partial charge in [0.2, 0.25) is 0 Å². The van der Waals surface area contributed by atoms with E-state index in [0.717, 1.165) is 25.7 Å². The Morgan fingerprint density at radius 3 is 2.60 bits per heavy atom. The van der Waals surface area contributed by atoms with Gasteiger partial charge in [0.05, 0.1) is 5.60 Å². The second-order valence-electron chi connectivity index (χ2n) is 9.49. The maximum absolute atomic E-state index is 11.7. The van der Waals surface area contributed by atoms with Crippen LogP contribution in [0.15, 0.2) is 24.8 Å². The first-order valence-electron chi connectivity index (χ1n) is 9.64. The third-order valence-electron chi connectivity index (χ3n) is 6.91. The Kier molecular flexibility index (Phi) is 5.59. The van der Waals surface area contributed by atoms with Gasteiger partial charge in [-0.05, 0) is 49.4 Å². The van der Waals surface area contributed by atoms with Crippen LogP contribution in [0.25, 0.3) is 0 Å². The molecule has 0 amide bonds. The van der Waals surface area contributed by atoms with Gasteiger partial charge in [-0.25, -0.2) is 0 Å². The van der Waals surface area contributed by atoms with Crippen LogP contribution in [0, 0.1) is 22.7 Å². The van der Waals surface area contributed by atoms with Crippen molar-refractivity contribution in [1.82, 2.24) is 0 Å². The molecule has 2 fully saturated rings. The molecule has 2 rings (SSSR count). The van der Waals surface area contributed by atoms with E-state index in [2.05, 4.69) is 33.9 Å². The second-order valence-corrected chi connectivity index (χ2v) is 9.49. The van der Waals surface area contributed by atoms with Crippen molar-refractivity contribution in [2.24, 2.45) is 22.7 Å². The number of carbonyl (C=O) groups excluding carboxylic acids is 1. The zero-order chi connectivity index (χ0) is 19.0. The molecule has 2 aliphatic carbocycles. The van der Waals surface area contributed by atoms with Crippen molar-refractivity contribution in [1.29, 1.82) is 0 Å². The number of ether oxygens (including phenoxy) is 1. The van der Waals surface area contributed by atoms with Crippen LogP contribution in [0.1, 0.15) is 73.1 Å². The lowest BCUT2D eigenvalue weighted by Gasteiger charge is -2.60. The Labute approximate surface area is 153 Å². The molecule has 0 aliphatic heterocycles. The second kappa shape index (κ2) is 6.90. The molecule has 0 radical (unpaired) electrons. The molecule has 0 spiro atoms. The smallest absolute Gasteiger partial charge is 0.302 e. The summed E-state index contributed by atoms with van der Waals surface area (Å²) >= 11 is 0. The van der Waals surface area contributed by atoms with Crippen molar-refractivity contribution in [3.8, 4) is 0 Å². The molecule has 3 nitrogen and oxygen atoms in total. The summed E-state index contributed by atoms with van der Waals surface area (Å²) in [7, 11) is 0. The van der Waals surface area contributed by atoms with Gasteiger partial charge in [0.1, 0.15) is 6.10 Å². The minimum Gasteiger partial charge on any atom is -0.462 e. The van der Waals surface area contributed by atoms with Gasteiger partial charge in [0, 0.05) is 19.3 Å². The predicted molar refractivity (Wildman–Crippen MR) is 102 cm³/mol. The highest BCUT2D eigenvalue weighted by atomic mass is 16.5. The highest BCUT2D eigenvalue weighted by molar-refractivity contribution is 5.66. The monoisotopic (exact) mass is 348 g/mol. The van der Waals surface area contributed by atoms with E-state index < -0.39 is 5.60 Å². The van der Waals surface area contributed by atoms with Gasteiger partial charge < -0.3 is 9.84 Å². The van der Waals surface area contributed by atoms with E-state index in [1.165, 1.54) is 18.9 Å². The number of fused-ring (bicyclic) bond motifs is 1. The first-order valence-corrected chi connectivity index (χ1v) is 9.64. The molecule has 0 aromatic carbocycles. The molecule has 0 bridgehead atoms. The van der Waals surface area contributed by atoms with Gasteiger partial charge >= 0.3 is 5.97 Å². The van der Waals surface area contributed by atoms with Gasteiger partial charge in [-0.15, -0.1) is 6.58 Å². The fourth-order valence-corrected chi connectivity index (χ4v) is 5.83. The number of rotatable bonds is 5. The Morgan fingerprint density at radius 2 is 2.04 bits per heavy atom. The summed E-state index contributed by atoms with van der Waals surface area (Å²) in [6.07, 6.45) is 7.34. The summed E-state index contributed by atoms with van der Waals surface area (Å²) in [5.41, 5.74) is 0.507. The van der Waals surface area contributed by atoms with Crippen LogP contribution in [0.5, 0.6) is 0 Å². The average molecular weight is 349 g/mol. The molecule has 0 unspecified atom stereocenters. The highest BCUT2D eigenvalue weighted by Crippen LogP contribution is 2.62. The summed E-state index contributed by atoms with van der Waals surface area (Å²) in [6, 6.07) is 0. The first-order chi connectivity index (χ1) is 11.4. The van der Waals surface area contributed by atoms with Gasteiger partial charge in [-0.3, -0.25) is 4.79 Å². The van der Waals surface area contributed by atoms with Crippen molar-refractivity contribution in [3.63, 3.8) is 0 Å². The van der Waals surface area contributed by atoms with E-state index in [9.17, 15) is 9.90 Å². The van der Waals surface area contributed by atoms with Crippen molar-refractivity contribution in [2.45, 2.75) is 84.8 Å². The standard InChI is InChI=1S/C22H36O3/c1-8-21(6,24)13-10-17-15(2)14-18(25-16(3)23)19-20(4,5)11-9-12-22(17,19)7/h8,17-19,24H,1-2,9-14H2,3-7H3/t17-,18-,19-,21+,22+/m0/s1. The van der Waals surface area contributed by atoms with Crippen LogP contribution in [0.4, 0.5) is 0 Å². The summed E-state index contributed by atoms with van der Waals surface area (Å²) in [5.74, 6) is 0.465. The SMILES string of the molecule is C=C[C@@](C)(O)CC[C@H]1C(=C)C[C@H](OC(C)=O)[C@H]2C(C)(C)CCC[C@]12C. The van der Waals surface area contributed by atoms with Crippen LogP contribution < -0.4 is 0 Å². The fraction of sp³-hybridized carbons (Fsp3) is 0.773. The Bertz CT molecular complexity index is 545. The topological polar surface area (TPSA) is 46.5 Å². The van der Waals surface area contributed by atoms with Crippen molar-refractivity contribution >= 4 is 5.97 Å². The molecule has 0 saturated heterocycles. The zero-order valence-corrected chi connectivity index (χ0v) is 16.7. The molecule has 0 aromatic heterocycles. The molecule has 0 aromatic rings. The molecule has 3 heteroatoms. The van der Waals surface area contributed by atoms with E-state index in [4.69, 9.17) is 4.74 Å². The maximum atomic E-state index is 11.7. The largest absolute Gasteiger partial charge is 0.462 e. The maximum Gasteiger partial charge on any atom is 0.302 e. The molecule has 2 saturated carbocycles. The third kappa shape index (κ3) is 4.02. The molecule has 142 valence electrons. The van der Waals surface area contributed by atoms with Crippen LogP contribution >= 0.6 is 0 Å². The van der Waals surface area contributed by atoms with Crippen LogP contribution in [-0.2, 0) is 9.53 Å². The summed E-state index contributed by atoms with van der Waals surface area (Å²) in [4.78, 5) is 11.7. The van der Waals surface area contributed by atoms with Gasteiger partial charge in [-0.1, -0.05) is 45.4 Å². The van der Waals surface area contributed by atoms with Crippen molar-refractivity contribution < 1.29 is 14.6 Å². The molecular weight excluding hydrogens is 312 g/mol. The third-order valence-corrected chi connectivity index (χ3v) is 6.91. The highest BCUT2D eigenvalue weighted by Gasteiger charge is 2.57. The summed E-state index contributed by atoms with van der Waals surface area (Å²) in [6.45, 7) is 18.4. The van der Waals surface area contributed by atoms with Gasteiger partial charge in [0.15, 0.2) is 0 Å². The van der Waals surface area contributed by atoms with Crippen LogP contribution in [-0.4, -0.2) is 22.8 Å². The Morgan fingerprint density at radius 1 is 1.40 bits per heavy atom. The van der Waals surface area contributed by atoms with E-state index >= 15 is 0 Å². The van der Waals surface area contributed by atoms with E-state index in [1.807, 2.05) is 6.92 Å². The quantitative estimate of drug-likeness (QED) is 0.559. The molecule has 1 N–H and O–H groups in total. The van der Waals surface area contributed by atoms with Gasteiger partial charge in [-0.2, -0.15) is 0 Å². The summed E-state index contributed by atoms with van der Waals surface area (Å²) in [5, 5.41) is 10.4.